The lowest BCUT2D eigenvalue weighted by atomic mass is 10.2. The molecule has 0 aromatic carbocycles. The normalized spacial score (nSPS) is 13.6. The van der Waals surface area contributed by atoms with Crippen LogP contribution in [0.25, 0.3) is 0 Å². The van der Waals surface area contributed by atoms with Crippen molar-refractivity contribution in [2.45, 2.75) is 13.8 Å². The highest BCUT2D eigenvalue weighted by molar-refractivity contribution is 5.28. The first-order valence-electron chi connectivity index (χ1n) is 2.93. The summed E-state index contributed by atoms with van der Waals surface area (Å²) in [6, 6.07) is 0. The van der Waals surface area contributed by atoms with E-state index in [1.54, 1.807) is 6.08 Å². The van der Waals surface area contributed by atoms with E-state index in [1.165, 1.54) is 0 Å². The van der Waals surface area contributed by atoms with Gasteiger partial charge < -0.3 is 5.73 Å². The Bertz CT molecular complexity index is 152. The molecular formula is C8H13N. The van der Waals surface area contributed by atoms with Gasteiger partial charge in [-0.1, -0.05) is 24.8 Å². The molecular weight excluding hydrogens is 110 g/mol. The van der Waals surface area contributed by atoms with Crippen LogP contribution in [0.2, 0.25) is 0 Å². The fourth-order valence-corrected chi connectivity index (χ4v) is 0.501. The predicted octanol–water partition coefficient (Wildman–Crippen LogP) is 1.98. The van der Waals surface area contributed by atoms with Crippen LogP contribution in [0.15, 0.2) is 36.1 Å². The SMILES string of the molecule is C=C/C=C(C)/C(N)=C/C. The summed E-state index contributed by atoms with van der Waals surface area (Å²) in [5.74, 6) is 0. The fraction of sp³-hybridized carbons (Fsp3) is 0.250. The Labute approximate surface area is 56.6 Å². The average molecular weight is 123 g/mol. The molecule has 0 aliphatic heterocycles. The lowest BCUT2D eigenvalue weighted by Gasteiger charge is -1.96. The summed E-state index contributed by atoms with van der Waals surface area (Å²) in [5.41, 5.74) is 7.42. The van der Waals surface area contributed by atoms with Gasteiger partial charge in [-0.25, -0.2) is 0 Å². The third-order valence-corrected chi connectivity index (χ3v) is 1.13. The van der Waals surface area contributed by atoms with Gasteiger partial charge in [0.2, 0.25) is 0 Å². The minimum absolute atomic E-state index is 0.815. The van der Waals surface area contributed by atoms with Gasteiger partial charge in [0.1, 0.15) is 0 Å². The summed E-state index contributed by atoms with van der Waals surface area (Å²) >= 11 is 0. The highest BCUT2D eigenvalue weighted by Gasteiger charge is 1.86. The van der Waals surface area contributed by atoms with E-state index in [4.69, 9.17) is 5.73 Å². The Morgan fingerprint density at radius 3 is 2.44 bits per heavy atom. The second kappa shape index (κ2) is 3.96. The van der Waals surface area contributed by atoms with E-state index in [2.05, 4.69) is 6.58 Å². The van der Waals surface area contributed by atoms with E-state index in [0.717, 1.165) is 11.3 Å². The molecule has 0 atom stereocenters. The molecule has 0 aliphatic carbocycles. The van der Waals surface area contributed by atoms with Gasteiger partial charge in [-0.3, -0.25) is 0 Å². The molecule has 0 saturated heterocycles. The first-order valence-corrected chi connectivity index (χ1v) is 2.93. The van der Waals surface area contributed by atoms with Crippen LogP contribution in [0.4, 0.5) is 0 Å². The van der Waals surface area contributed by atoms with Crippen molar-refractivity contribution in [1.29, 1.82) is 0 Å². The number of hydrogen-bond donors (Lipinski definition) is 1. The maximum Gasteiger partial charge on any atom is 0.0300 e. The zero-order chi connectivity index (χ0) is 7.28. The first-order chi connectivity index (χ1) is 4.22. The standard InChI is InChI=1S/C8H13N/c1-4-6-7(3)8(9)5-2/h4-6H,1,9H2,2-3H3/b7-6+,8-5-. The molecule has 0 saturated carbocycles. The van der Waals surface area contributed by atoms with Crippen LogP contribution >= 0.6 is 0 Å². The molecule has 0 amide bonds. The van der Waals surface area contributed by atoms with Crippen LogP contribution in [0.3, 0.4) is 0 Å². The molecule has 0 aliphatic rings. The summed E-state index contributed by atoms with van der Waals surface area (Å²) < 4.78 is 0. The Morgan fingerprint density at radius 1 is 1.56 bits per heavy atom. The molecule has 0 aromatic heterocycles. The van der Waals surface area contributed by atoms with Gasteiger partial charge in [0.15, 0.2) is 0 Å². The lowest BCUT2D eigenvalue weighted by Crippen LogP contribution is -1.96. The molecule has 1 nitrogen and oxygen atoms in total. The molecule has 0 spiro atoms. The van der Waals surface area contributed by atoms with Crippen molar-refractivity contribution in [3.8, 4) is 0 Å². The van der Waals surface area contributed by atoms with Gasteiger partial charge in [0.05, 0.1) is 0 Å². The van der Waals surface area contributed by atoms with E-state index in [0.29, 0.717) is 0 Å². The minimum atomic E-state index is 0.815. The van der Waals surface area contributed by atoms with Crippen LogP contribution in [0.5, 0.6) is 0 Å². The van der Waals surface area contributed by atoms with Crippen LogP contribution < -0.4 is 5.73 Å². The Hall–Kier alpha value is -0.980. The summed E-state index contributed by atoms with van der Waals surface area (Å²) in [4.78, 5) is 0. The minimum Gasteiger partial charge on any atom is -0.399 e. The third kappa shape index (κ3) is 2.75. The molecule has 0 rings (SSSR count). The molecule has 50 valence electrons. The molecule has 0 fully saturated rings. The van der Waals surface area contributed by atoms with Gasteiger partial charge in [0.25, 0.3) is 0 Å². The molecule has 0 bridgehead atoms. The molecule has 1 heteroatoms. The Balaban J connectivity index is 4.19. The quantitative estimate of drug-likeness (QED) is 0.558. The van der Waals surface area contributed by atoms with Crippen molar-refractivity contribution in [1.82, 2.24) is 0 Å². The first kappa shape index (κ1) is 8.02. The van der Waals surface area contributed by atoms with Gasteiger partial charge in [-0.05, 0) is 19.4 Å². The zero-order valence-electron chi connectivity index (χ0n) is 6.02. The molecule has 0 radical (unpaired) electrons. The van der Waals surface area contributed by atoms with Crippen LogP contribution in [0.1, 0.15) is 13.8 Å². The van der Waals surface area contributed by atoms with Crippen LogP contribution in [-0.4, -0.2) is 0 Å². The molecule has 2 N–H and O–H groups in total. The van der Waals surface area contributed by atoms with Gasteiger partial charge in [-0.2, -0.15) is 0 Å². The second-order valence-corrected chi connectivity index (χ2v) is 1.83. The molecule has 0 aromatic rings. The smallest absolute Gasteiger partial charge is 0.0300 e. The molecule has 9 heavy (non-hydrogen) atoms. The van der Waals surface area contributed by atoms with E-state index < -0.39 is 0 Å². The van der Waals surface area contributed by atoms with Crippen LogP contribution in [-0.2, 0) is 0 Å². The molecule has 0 heterocycles. The predicted molar refractivity (Wildman–Crippen MR) is 41.9 cm³/mol. The van der Waals surface area contributed by atoms with E-state index in [1.807, 2.05) is 26.0 Å². The zero-order valence-corrected chi connectivity index (χ0v) is 6.02. The third-order valence-electron chi connectivity index (χ3n) is 1.13. The topological polar surface area (TPSA) is 26.0 Å². The Kier molecular flexibility index (Phi) is 3.52. The summed E-state index contributed by atoms with van der Waals surface area (Å²) in [5, 5.41) is 0. The monoisotopic (exact) mass is 123 g/mol. The second-order valence-electron chi connectivity index (χ2n) is 1.83. The van der Waals surface area contributed by atoms with E-state index in [9.17, 15) is 0 Å². The molecule has 0 unspecified atom stereocenters. The van der Waals surface area contributed by atoms with Gasteiger partial charge in [-0.15, -0.1) is 0 Å². The van der Waals surface area contributed by atoms with Crippen molar-refractivity contribution < 1.29 is 0 Å². The maximum absolute atomic E-state index is 5.55. The lowest BCUT2D eigenvalue weighted by molar-refractivity contribution is 1.27. The van der Waals surface area contributed by atoms with Crippen LogP contribution in [0, 0.1) is 0 Å². The van der Waals surface area contributed by atoms with Crippen molar-refractivity contribution in [2.75, 3.05) is 0 Å². The number of hydrogen-bond acceptors (Lipinski definition) is 1. The number of nitrogens with two attached hydrogens (primary N) is 1. The van der Waals surface area contributed by atoms with Crippen molar-refractivity contribution in [3.63, 3.8) is 0 Å². The highest BCUT2D eigenvalue weighted by atomic mass is 14.6. The number of allylic oxidation sites excluding steroid dienone is 4. The number of rotatable bonds is 2. The maximum atomic E-state index is 5.55. The Morgan fingerprint density at radius 2 is 2.11 bits per heavy atom. The van der Waals surface area contributed by atoms with E-state index in [-0.39, 0.29) is 0 Å². The highest BCUT2D eigenvalue weighted by Crippen LogP contribution is 2.00. The van der Waals surface area contributed by atoms with Crippen molar-refractivity contribution in [3.05, 3.63) is 36.1 Å². The van der Waals surface area contributed by atoms with Crippen molar-refractivity contribution >= 4 is 0 Å². The van der Waals surface area contributed by atoms with Gasteiger partial charge in [0, 0.05) is 5.70 Å². The average Bonchev–Trinajstić information content (AvgIpc) is 1.87. The fourth-order valence-electron chi connectivity index (χ4n) is 0.501. The largest absolute Gasteiger partial charge is 0.399 e. The van der Waals surface area contributed by atoms with Crippen molar-refractivity contribution in [2.24, 2.45) is 5.73 Å². The van der Waals surface area contributed by atoms with E-state index >= 15 is 0 Å². The van der Waals surface area contributed by atoms with Gasteiger partial charge >= 0.3 is 0 Å². The summed E-state index contributed by atoms with van der Waals surface area (Å²) in [6.45, 7) is 7.43. The summed E-state index contributed by atoms with van der Waals surface area (Å²) in [7, 11) is 0. The summed E-state index contributed by atoms with van der Waals surface area (Å²) in [6.07, 6.45) is 5.48.